The van der Waals surface area contributed by atoms with Crippen LogP contribution in [0.2, 0.25) is 0 Å². The van der Waals surface area contributed by atoms with Gasteiger partial charge in [-0.1, -0.05) is 60.5 Å². The van der Waals surface area contributed by atoms with Gasteiger partial charge in [0.15, 0.2) is 0 Å². The van der Waals surface area contributed by atoms with Crippen molar-refractivity contribution in [1.82, 2.24) is 10.3 Å². The Morgan fingerprint density at radius 3 is 2.46 bits per heavy atom. The number of nitrogens with one attached hydrogen (secondary N) is 2. The Morgan fingerprint density at radius 2 is 1.89 bits per heavy atom. The third-order valence-corrected chi connectivity index (χ3v) is 5.71. The highest BCUT2D eigenvalue weighted by molar-refractivity contribution is 9.09. The molecule has 0 spiro atoms. The molecule has 6 nitrogen and oxygen atoms in total. The molecule has 196 valence electrons. The van der Waals surface area contributed by atoms with E-state index in [0.717, 1.165) is 55.3 Å². The van der Waals surface area contributed by atoms with Crippen LogP contribution in [0.5, 0.6) is 0 Å². The molecule has 1 heterocycles. The van der Waals surface area contributed by atoms with E-state index >= 15 is 0 Å². The minimum absolute atomic E-state index is 0.0359. The molecule has 0 radical (unpaired) electrons. The first-order valence-electron chi connectivity index (χ1n) is 12.1. The first kappa shape index (κ1) is 32.6. The summed E-state index contributed by atoms with van der Waals surface area (Å²) in [6, 6.07) is 0. The van der Waals surface area contributed by atoms with Crippen LogP contribution in [-0.4, -0.2) is 41.0 Å². The van der Waals surface area contributed by atoms with Crippen LogP contribution in [-0.2, 0) is 16.0 Å². The summed E-state index contributed by atoms with van der Waals surface area (Å²) < 4.78 is 5.24. The van der Waals surface area contributed by atoms with Gasteiger partial charge in [-0.2, -0.15) is 0 Å². The number of amides is 1. The van der Waals surface area contributed by atoms with Gasteiger partial charge in [0.2, 0.25) is 0 Å². The number of carbonyl (C=O) groups excluding carboxylic acids is 2. The Balaban J connectivity index is 0.00000562. The molecular formula is C28H43BrN2O4. The van der Waals surface area contributed by atoms with Crippen LogP contribution >= 0.6 is 15.9 Å². The average Bonchev–Trinajstić information content (AvgIpc) is 3.14. The third-order valence-electron chi connectivity index (χ3n) is 5.38. The number of hydrogen-bond donors (Lipinski definition) is 3. The number of hydrogen-bond acceptors (Lipinski definition) is 4. The van der Waals surface area contributed by atoms with Crippen molar-refractivity contribution in [1.29, 1.82) is 0 Å². The molecule has 0 saturated carbocycles. The van der Waals surface area contributed by atoms with Gasteiger partial charge in [-0.3, -0.25) is 4.79 Å². The highest BCUT2D eigenvalue weighted by Gasteiger charge is 2.22. The number of aromatic nitrogens is 1. The molecule has 0 bridgehead atoms. The number of halogens is 1. The lowest BCUT2D eigenvalue weighted by atomic mass is 9.94. The monoisotopic (exact) mass is 550 g/mol. The molecule has 1 unspecified atom stereocenters. The first-order valence-corrected chi connectivity index (χ1v) is 13.3. The number of carbonyl (C=O) groups is 2. The Morgan fingerprint density at radius 1 is 1.23 bits per heavy atom. The van der Waals surface area contributed by atoms with Crippen LogP contribution < -0.4 is 5.32 Å². The molecule has 35 heavy (non-hydrogen) atoms. The molecule has 0 saturated heterocycles. The molecule has 3 N–H and O–H groups in total. The van der Waals surface area contributed by atoms with E-state index in [9.17, 15) is 9.59 Å². The fourth-order valence-electron chi connectivity index (χ4n) is 3.52. The number of rotatable bonds is 14. The highest BCUT2D eigenvalue weighted by atomic mass is 79.9. The summed E-state index contributed by atoms with van der Waals surface area (Å²) in [6.45, 7) is 13.9. The second-order valence-corrected chi connectivity index (χ2v) is 8.70. The normalized spacial score (nSPS) is 12.7. The minimum atomic E-state index is -0.376. The van der Waals surface area contributed by atoms with Crippen LogP contribution in [0.15, 0.2) is 42.2 Å². The quantitative estimate of drug-likeness (QED) is 0.108. The van der Waals surface area contributed by atoms with Crippen molar-refractivity contribution in [3.63, 3.8) is 0 Å². The maximum absolute atomic E-state index is 13.1. The van der Waals surface area contributed by atoms with E-state index in [0.29, 0.717) is 29.6 Å². The Labute approximate surface area is 219 Å². The van der Waals surface area contributed by atoms with Crippen LogP contribution in [0.1, 0.15) is 80.7 Å². The molecule has 1 aromatic rings. The Bertz CT molecular complexity index is 897. The van der Waals surface area contributed by atoms with E-state index in [4.69, 9.17) is 9.84 Å². The van der Waals surface area contributed by atoms with Crippen molar-refractivity contribution in [3.8, 4) is 0 Å². The van der Waals surface area contributed by atoms with E-state index < -0.39 is 0 Å². The molecule has 1 aromatic heterocycles. The van der Waals surface area contributed by atoms with E-state index in [-0.39, 0.29) is 17.8 Å². The fraction of sp³-hybridized carbons (Fsp3) is 0.500. The van der Waals surface area contributed by atoms with E-state index in [1.807, 2.05) is 39.0 Å². The van der Waals surface area contributed by atoms with Crippen molar-refractivity contribution in [2.24, 2.45) is 5.92 Å². The van der Waals surface area contributed by atoms with E-state index in [1.165, 1.54) is 0 Å². The number of ether oxygens (including phenoxy) is 1. The van der Waals surface area contributed by atoms with Crippen molar-refractivity contribution >= 4 is 33.9 Å². The maximum Gasteiger partial charge on any atom is 0.355 e. The lowest BCUT2D eigenvalue weighted by Gasteiger charge is -2.15. The molecular weight excluding hydrogens is 508 g/mol. The summed E-state index contributed by atoms with van der Waals surface area (Å²) in [6.07, 6.45) is 14.4. The SMILES string of the molecule is C=CCC(C)/C(=C/c1[nH]c(C(=O)OCC)c(C)c1CC/C=C\CCC)C(=O)N/C(C)=C/CBr.CO. The van der Waals surface area contributed by atoms with Crippen molar-refractivity contribution in [2.75, 3.05) is 19.0 Å². The fourth-order valence-corrected chi connectivity index (χ4v) is 4.01. The number of H-pyrrole nitrogens is 1. The number of esters is 1. The smallest absolute Gasteiger partial charge is 0.355 e. The van der Waals surface area contributed by atoms with Gasteiger partial charge in [-0.05, 0) is 69.6 Å². The van der Waals surface area contributed by atoms with Gasteiger partial charge in [-0.15, -0.1) is 6.58 Å². The molecule has 1 amide bonds. The van der Waals surface area contributed by atoms with Crippen LogP contribution in [0.25, 0.3) is 6.08 Å². The molecule has 7 heteroatoms. The summed E-state index contributed by atoms with van der Waals surface area (Å²) in [5.41, 5.74) is 4.55. The number of aliphatic hydroxyl groups is 1. The number of allylic oxidation sites excluding steroid dienone is 5. The summed E-state index contributed by atoms with van der Waals surface area (Å²) in [4.78, 5) is 28.9. The van der Waals surface area contributed by atoms with Crippen molar-refractivity contribution in [2.45, 2.75) is 66.7 Å². The number of aliphatic hydroxyl groups excluding tert-OH is 1. The predicted molar refractivity (Wildman–Crippen MR) is 150 cm³/mol. The summed E-state index contributed by atoms with van der Waals surface area (Å²) >= 11 is 3.36. The lowest BCUT2D eigenvalue weighted by Crippen LogP contribution is -2.26. The molecule has 0 aliphatic heterocycles. The van der Waals surface area contributed by atoms with Gasteiger partial charge in [0.05, 0.1) is 6.61 Å². The first-order chi connectivity index (χ1) is 16.8. The molecule has 0 aliphatic carbocycles. The average molecular weight is 552 g/mol. The van der Waals surface area contributed by atoms with Gasteiger partial charge in [0, 0.05) is 29.4 Å². The van der Waals surface area contributed by atoms with E-state index in [2.05, 4.69) is 51.9 Å². The van der Waals surface area contributed by atoms with Crippen LogP contribution in [0.3, 0.4) is 0 Å². The highest BCUT2D eigenvalue weighted by Crippen LogP contribution is 2.26. The maximum atomic E-state index is 13.1. The summed E-state index contributed by atoms with van der Waals surface area (Å²) in [5.74, 6) is -0.567. The zero-order valence-electron chi connectivity index (χ0n) is 22.2. The van der Waals surface area contributed by atoms with Crippen LogP contribution in [0.4, 0.5) is 0 Å². The second kappa shape index (κ2) is 18.9. The van der Waals surface area contributed by atoms with E-state index in [1.54, 1.807) is 6.92 Å². The number of alkyl halides is 1. The zero-order chi connectivity index (χ0) is 26.8. The third kappa shape index (κ3) is 11.3. The summed E-state index contributed by atoms with van der Waals surface area (Å²) in [7, 11) is 1.00. The second-order valence-electron chi connectivity index (χ2n) is 8.06. The largest absolute Gasteiger partial charge is 0.461 e. The standard InChI is InChI=1S/C27H39BrN2O3.CH4O/c1-7-10-11-12-13-15-22-21(6)25(27(32)33-9-3)30-24(22)18-23(19(4)14-8-2)26(31)29-20(5)16-17-28;1-2/h8,11-12,16,18-19,30H,2,7,9-10,13-15,17H2,1,3-6H3,(H,29,31);2H,1H3/b12-11-,20-16+,23-18-;. The minimum Gasteiger partial charge on any atom is -0.461 e. The van der Waals surface area contributed by atoms with Gasteiger partial charge in [-0.25, -0.2) is 4.79 Å². The number of aromatic amines is 1. The molecule has 1 rings (SSSR count). The predicted octanol–water partition coefficient (Wildman–Crippen LogP) is 6.41. The van der Waals surface area contributed by atoms with Crippen LogP contribution in [0, 0.1) is 12.8 Å². The van der Waals surface area contributed by atoms with Crippen molar-refractivity contribution in [3.05, 3.63) is 64.7 Å². The zero-order valence-corrected chi connectivity index (χ0v) is 23.8. The molecule has 1 atom stereocenters. The van der Waals surface area contributed by atoms with Crippen molar-refractivity contribution < 1.29 is 19.4 Å². The molecule has 0 fully saturated rings. The topological polar surface area (TPSA) is 91.4 Å². The Kier molecular flexibility index (Phi) is 17.6. The van der Waals surface area contributed by atoms with Gasteiger partial charge in [0.1, 0.15) is 5.69 Å². The Hall–Kier alpha value is -2.38. The van der Waals surface area contributed by atoms with Gasteiger partial charge >= 0.3 is 5.97 Å². The summed E-state index contributed by atoms with van der Waals surface area (Å²) in [5, 5.41) is 10.6. The lowest BCUT2D eigenvalue weighted by molar-refractivity contribution is -0.117. The molecule has 0 aliphatic rings. The van der Waals surface area contributed by atoms with Gasteiger partial charge in [0.25, 0.3) is 5.91 Å². The molecule has 0 aromatic carbocycles. The van der Waals surface area contributed by atoms with Gasteiger partial charge < -0.3 is 20.1 Å². The number of unbranched alkanes of at least 4 members (excludes halogenated alkanes) is 1.